The lowest BCUT2D eigenvalue weighted by atomic mass is 10.2. The highest BCUT2D eigenvalue weighted by Crippen LogP contribution is 2.11. The molecule has 0 spiro atoms. The van der Waals surface area contributed by atoms with Crippen molar-refractivity contribution in [3.05, 3.63) is 29.8 Å². The molecule has 0 saturated heterocycles. The summed E-state index contributed by atoms with van der Waals surface area (Å²) in [5, 5.41) is 2.64. The minimum atomic E-state index is -0.545. The van der Waals surface area contributed by atoms with Crippen LogP contribution in [0.1, 0.15) is 23.7 Å². The molecule has 3 N–H and O–H groups in total. The fraction of sp³-hybridized carbons (Fsp3) is 0.333. The van der Waals surface area contributed by atoms with Gasteiger partial charge in [-0.2, -0.15) is 0 Å². The molecule has 1 aromatic rings. The van der Waals surface area contributed by atoms with Crippen LogP contribution in [-0.4, -0.2) is 25.0 Å². The molecular weight excluding hydrogens is 220 g/mol. The zero-order valence-electron chi connectivity index (χ0n) is 9.90. The Balaban J connectivity index is 2.79. The van der Waals surface area contributed by atoms with Gasteiger partial charge in [-0.1, -0.05) is 13.0 Å². The van der Waals surface area contributed by atoms with E-state index in [0.717, 1.165) is 0 Å². The van der Waals surface area contributed by atoms with Crippen molar-refractivity contribution in [2.45, 2.75) is 19.4 Å². The number of rotatable bonds is 4. The zero-order chi connectivity index (χ0) is 12.8. The molecule has 0 unspecified atom stereocenters. The summed E-state index contributed by atoms with van der Waals surface area (Å²) < 4.78 is 4.59. The molecule has 1 rings (SSSR count). The van der Waals surface area contributed by atoms with Gasteiger partial charge in [0, 0.05) is 5.69 Å². The van der Waals surface area contributed by atoms with E-state index < -0.39 is 12.0 Å². The van der Waals surface area contributed by atoms with Gasteiger partial charge in [0.25, 0.3) is 0 Å². The van der Waals surface area contributed by atoms with Crippen LogP contribution in [0, 0.1) is 0 Å². The number of hydrogen-bond donors (Lipinski definition) is 2. The van der Waals surface area contributed by atoms with Crippen molar-refractivity contribution in [1.82, 2.24) is 0 Å². The molecule has 0 heterocycles. The van der Waals surface area contributed by atoms with Crippen LogP contribution in [0.4, 0.5) is 5.69 Å². The van der Waals surface area contributed by atoms with E-state index in [9.17, 15) is 9.59 Å². The van der Waals surface area contributed by atoms with Gasteiger partial charge in [-0.3, -0.25) is 4.79 Å². The third-order valence-electron chi connectivity index (χ3n) is 2.33. The highest BCUT2D eigenvalue weighted by atomic mass is 16.5. The number of methoxy groups -OCH3 is 1. The van der Waals surface area contributed by atoms with Crippen LogP contribution in [-0.2, 0) is 9.53 Å². The topological polar surface area (TPSA) is 81.4 Å². The summed E-state index contributed by atoms with van der Waals surface area (Å²) in [6, 6.07) is 5.97. The first-order valence-corrected chi connectivity index (χ1v) is 5.33. The quantitative estimate of drug-likeness (QED) is 0.768. The van der Waals surface area contributed by atoms with E-state index in [1.807, 2.05) is 6.92 Å². The summed E-state index contributed by atoms with van der Waals surface area (Å²) in [6.07, 6.45) is 0.558. The van der Waals surface area contributed by atoms with E-state index in [0.29, 0.717) is 17.7 Å². The van der Waals surface area contributed by atoms with Crippen LogP contribution >= 0.6 is 0 Å². The number of nitrogens with one attached hydrogen (secondary N) is 1. The van der Waals surface area contributed by atoms with E-state index in [2.05, 4.69) is 10.1 Å². The molecule has 17 heavy (non-hydrogen) atoms. The van der Waals surface area contributed by atoms with E-state index in [1.54, 1.807) is 24.3 Å². The molecule has 0 aliphatic carbocycles. The normalized spacial score (nSPS) is 11.7. The Morgan fingerprint density at radius 2 is 2.18 bits per heavy atom. The number of amides is 1. The third-order valence-corrected chi connectivity index (χ3v) is 2.33. The van der Waals surface area contributed by atoms with Crippen molar-refractivity contribution < 1.29 is 14.3 Å². The zero-order valence-corrected chi connectivity index (χ0v) is 9.90. The summed E-state index contributed by atoms with van der Waals surface area (Å²) in [5.41, 5.74) is 6.50. The first-order valence-electron chi connectivity index (χ1n) is 5.33. The van der Waals surface area contributed by atoms with Crippen LogP contribution in [0.2, 0.25) is 0 Å². The Morgan fingerprint density at radius 1 is 1.47 bits per heavy atom. The van der Waals surface area contributed by atoms with Crippen molar-refractivity contribution in [3.8, 4) is 0 Å². The lowest BCUT2D eigenvalue weighted by Crippen LogP contribution is -2.34. The monoisotopic (exact) mass is 236 g/mol. The first kappa shape index (κ1) is 13.2. The van der Waals surface area contributed by atoms with Gasteiger partial charge in [-0.25, -0.2) is 4.79 Å². The molecular formula is C12H16N2O3. The summed E-state index contributed by atoms with van der Waals surface area (Å²) >= 11 is 0. The van der Waals surface area contributed by atoms with Crippen LogP contribution in [0.15, 0.2) is 24.3 Å². The average molecular weight is 236 g/mol. The van der Waals surface area contributed by atoms with Gasteiger partial charge in [0.15, 0.2) is 0 Å². The number of carbonyl (C=O) groups excluding carboxylic acids is 2. The average Bonchev–Trinajstić information content (AvgIpc) is 2.37. The number of ether oxygens (including phenoxy) is 1. The van der Waals surface area contributed by atoms with Crippen LogP contribution in [0.25, 0.3) is 0 Å². The smallest absolute Gasteiger partial charge is 0.337 e. The minimum Gasteiger partial charge on any atom is -0.465 e. The number of esters is 1. The standard InChI is InChI=1S/C12H16N2O3/c1-3-10(13)11(15)14-9-6-4-5-8(7-9)12(16)17-2/h4-7,10H,3,13H2,1-2H3,(H,14,15)/t10-/m0/s1. The Labute approximate surface area is 99.9 Å². The van der Waals surface area contributed by atoms with Crippen molar-refractivity contribution in [3.63, 3.8) is 0 Å². The fourth-order valence-electron chi connectivity index (χ4n) is 1.26. The second-order valence-electron chi connectivity index (χ2n) is 3.58. The van der Waals surface area contributed by atoms with Crippen molar-refractivity contribution in [2.75, 3.05) is 12.4 Å². The second-order valence-corrected chi connectivity index (χ2v) is 3.58. The van der Waals surface area contributed by atoms with Crippen molar-refractivity contribution in [1.29, 1.82) is 0 Å². The van der Waals surface area contributed by atoms with Crippen LogP contribution < -0.4 is 11.1 Å². The lowest BCUT2D eigenvalue weighted by molar-refractivity contribution is -0.117. The molecule has 0 fully saturated rings. The van der Waals surface area contributed by atoms with Crippen LogP contribution in [0.5, 0.6) is 0 Å². The number of benzene rings is 1. The predicted octanol–water partition coefficient (Wildman–Crippen LogP) is 1.15. The molecule has 5 nitrogen and oxygen atoms in total. The van der Waals surface area contributed by atoms with E-state index in [4.69, 9.17) is 5.73 Å². The maximum absolute atomic E-state index is 11.5. The van der Waals surface area contributed by atoms with Gasteiger partial charge >= 0.3 is 5.97 Å². The Morgan fingerprint density at radius 3 is 2.76 bits per heavy atom. The summed E-state index contributed by atoms with van der Waals surface area (Å²) in [5.74, 6) is -0.713. The molecule has 1 amide bonds. The third kappa shape index (κ3) is 3.57. The molecule has 1 aromatic carbocycles. The first-order chi connectivity index (χ1) is 8.08. The predicted molar refractivity (Wildman–Crippen MR) is 64.7 cm³/mol. The summed E-state index contributed by atoms with van der Waals surface area (Å²) in [4.78, 5) is 22.8. The van der Waals surface area contributed by atoms with E-state index in [1.165, 1.54) is 7.11 Å². The van der Waals surface area contributed by atoms with Gasteiger partial charge in [-0.05, 0) is 24.6 Å². The minimum absolute atomic E-state index is 0.269. The highest BCUT2D eigenvalue weighted by molar-refractivity contribution is 5.96. The van der Waals surface area contributed by atoms with Gasteiger partial charge in [0.05, 0.1) is 18.7 Å². The van der Waals surface area contributed by atoms with Crippen molar-refractivity contribution >= 4 is 17.6 Å². The lowest BCUT2D eigenvalue weighted by Gasteiger charge is -2.10. The van der Waals surface area contributed by atoms with E-state index >= 15 is 0 Å². The number of hydrogen-bond acceptors (Lipinski definition) is 4. The number of carbonyl (C=O) groups is 2. The maximum Gasteiger partial charge on any atom is 0.337 e. The van der Waals surface area contributed by atoms with Gasteiger partial charge in [0.2, 0.25) is 5.91 Å². The Kier molecular flexibility index (Phi) is 4.66. The maximum atomic E-state index is 11.5. The SMILES string of the molecule is CC[C@H](N)C(=O)Nc1cccc(C(=O)OC)c1. The number of anilines is 1. The molecule has 0 radical (unpaired) electrons. The molecule has 0 aromatic heterocycles. The second kappa shape index (κ2) is 6.00. The largest absolute Gasteiger partial charge is 0.465 e. The Hall–Kier alpha value is -1.88. The van der Waals surface area contributed by atoms with Gasteiger partial charge < -0.3 is 15.8 Å². The molecule has 5 heteroatoms. The molecule has 0 aliphatic heterocycles. The molecule has 0 saturated carbocycles. The van der Waals surface area contributed by atoms with E-state index in [-0.39, 0.29) is 5.91 Å². The van der Waals surface area contributed by atoms with Gasteiger partial charge in [0.1, 0.15) is 0 Å². The summed E-state index contributed by atoms with van der Waals surface area (Å²) in [6.45, 7) is 1.83. The molecule has 92 valence electrons. The molecule has 0 aliphatic rings. The van der Waals surface area contributed by atoms with Crippen LogP contribution in [0.3, 0.4) is 0 Å². The fourth-order valence-corrected chi connectivity index (χ4v) is 1.26. The van der Waals surface area contributed by atoms with Gasteiger partial charge in [-0.15, -0.1) is 0 Å². The Bertz CT molecular complexity index is 418. The highest BCUT2D eigenvalue weighted by Gasteiger charge is 2.12. The summed E-state index contributed by atoms with van der Waals surface area (Å²) in [7, 11) is 1.31. The molecule has 0 bridgehead atoms. The molecule has 1 atom stereocenters. The number of nitrogens with two attached hydrogens (primary N) is 1. The van der Waals surface area contributed by atoms with Crippen molar-refractivity contribution in [2.24, 2.45) is 5.73 Å².